The van der Waals surface area contributed by atoms with Crippen LogP contribution in [0.2, 0.25) is 0 Å². The molecule has 2 heterocycles. The van der Waals surface area contributed by atoms with Crippen LogP contribution >= 0.6 is 11.3 Å². The van der Waals surface area contributed by atoms with Crippen molar-refractivity contribution >= 4 is 96.5 Å². The van der Waals surface area contributed by atoms with E-state index in [0.29, 0.717) is 0 Å². The van der Waals surface area contributed by atoms with Gasteiger partial charge < -0.3 is 4.42 Å². The van der Waals surface area contributed by atoms with Crippen molar-refractivity contribution in [3.05, 3.63) is 182 Å². The van der Waals surface area contributed by atoms with E-state index in [0.717, 1.165) is 11.2 Å². The van der Waals surface area contributed by atoms with Crippen molar-refractivity contribution in [2.45, 2.75) is 0 Å². The van der Waals surface area contributed by atoms with Crippen LogP contribution in [0.15, 0.2) is 186 Å². The molecule has 0 bridgehead atoms. The molecule has 0 atom stereocenters. The number of furan rings is 1. The summed E-state index contributed by atoms with van der Waals surface area (Å²) in [5.41, 5.74) is 9.25. The van der Waals surface area contributed by atoms with Gasteiger partial charge in [-0.1, -0.05) is 158 Å². The maximum atomic E-state index is 6.89. The first kappa shape index (κ1) is 29.8. The van der Waals surface area contributed by atoms with Gasteiger partial charge in [0.25, 0.3) is 0 Å². The third-order valence-corrected chi connectivity index (χ3v) is 12.6. The molecule has 10 aromatic carbocycles. The van der Waals surface area contributed by atoms with Gasteiger partial charge in [0.15, 0.2) is 5.58 Å². The highest BCUT2D eigenvalue weighted by molar-refractivity contribution is 7.26. The fourth-order valence-electron chi connectivity index (χ4n) is 9.13. The minimum atomic E-state index is 0.921. The molecule has 2 heteroatoms. The van der Waals surface area contributed by atoms with Crippen LogP contribution in [0.5, 0.6) is 0 Å². The number of hydrogen-bond donors (Lipinski definition) is 0. The lowest BCUT2D eigenvalue weighted by atomic mass is 9.84. The summed E-state index contributed by atoms with van der Waals surface area (Å²) in [6.07, 6.45) is 0. The molecule has 0 radical (unpaired) electrons. The van der Waals surface area contributed by atoms with Gasteiger partial charge in [0.1, 0.15) is 5.58 Å². The molecule has 12 rings (SSSR count). The van der Waals surface area contributed by atoms with Crippen molar-refractivity contribution in [2.75, 3.05) is 0 Å². The fraction of sp³-hybridized carbons (Fsp3) is 0. The number of fused-ring (bicyclic) bond motifs is 12. The van der Waals surface area contributed by atoms with Gasteiger partial charge in [0.2, 0.25) is 0 Å². The highest BCUT2D eigenvalue weighted by Crippen LogP contribution is 2.48. The average molecular weight is 703 g/mol. The Kier molecular flexibility index (Phi) is 6.28. The molecule has 0 aliphatic heterocycles. The summed E-state index contributed by atoms with van der Waals surface area (Å²) >= 11 is 1.82. The molecule has 0 N–H and O–H groups in total. The maximum Gasteiger partial charge on any atom is 0.153 e. The summed E-state index contributed by atoms with van der Waals surface area (Å²) in [6.45, 7) is 0. The van der Waals surface area contributed by atoms with E-state index in [4.69, 9.17) is 4.42 Å². The van der Waals surface area contributed by atoms with E-state index in [1.54, 1.807) is 0 Å². The van der Waals surface area contributed by atoms with Gasteiger partial charge >= 0.3 is 0 Å². The maximum absolute atomic E-state index is 6.89. The Balaban J connectivity index is 1.11. The zero-order valence-electron chi connectivity index (χ0n) is 29.1. The Morgan fingerprint density at radius 1 is 0.352 bits per heavy atom. The average Bonchev–Trinajstić information content (AvgIpc) is 3.81. The van der Waals surface area contributed by atoms with Crippen LogP contribution in [-0.4, -0.2) is 0 Å². The standard InChI is InChI=1S/C52H30OS/c1-2-17-34-31(13-1)14-12-25-37(34)49-41-23-7-5-21-39(41)48(40-22-6-8-24-42(40)49)33-16-11-15-32(29-33)45-30-46-50(38-20-4-3-18-35(38)45)44-28-27-43-36-19-9-10-26-47(36)54-52(43)51(44)53-46/h1-30H. The lowest BCUT2D eigenvalue weighted by Crippen LogP contribution is -1.92. The van der Waals surface area contributed by atoms with Gasteiger partial charge in [0.05, 0.1) is 4.70 Å². The van der Waals surface area contributed by atoms with Crippen molar-refractivity contribution in [3.63, 3.8) is 0 Å². The van der Waals surface area contributed by atoms with Crippen molar-refractivity contribution in [3.8, 4) is 33.4 Å². The fourth-order valence-corrected chi connectivity index (χ4v) is 10.3. The molecular weight excluding hydrogens is 673 g/mol. The number of thiophene rings is 1. The predicted octanol–water partition coefficient (Wildman–Crippen LogP) is 15.6. The van der Waals surface area contributed by atoms with E-state index in [9.17, 15) is 0 Å². The van der Waals surface area contributed by atoms with Crippen LogP contribution in [0, 0.1) is 0 Å². The van der Waals surface area contributed by atoms with E-state index in [-0.39, 0.29) is 0 Å². The summed E-state index contributed by atoms with van der Waals surface area (Å²) in [5, 5.41) is 14.9. The van der Waals surface area contributed by atoms with E-state index in [2.05, 4.69) is 182 Å². The molecule has 0 spiro atoms. The molecule has 250 valence electrons. The van der Waals surface area contributed by atoms with Gasteiger partial charge in [-0.05, 0) is 101 Å². The highest BCUT2D eigenvalue weighted by Gasteiger charge is 2.21. The molecule has 0 saturated carbocycles. The Labute approximate surface area is 314 Å². The molecule has 0 aliphatic rings. The van der Waals surface area contributed by atoms with E-state index in [1.807, 2.05) is 11.3 Å². The van der Waals surface area contributed by atoms with Crippen molar-refractivity contribution in [2.24, 2.45) is 0 Å². The molecule has 0 saturated heterocycles. The smallest absolute Gasteiger partial charge is 0.153 e. The Hall–Kier alpha value is -6.74. The number of rotatable bonds is 3. The second kappa shape index (κ2) is 11.4. The van der Waals surface area contributed by atoms with E-state index >= 15 is 0 Å². The summed E-state index contributed by atoms with van der Waals surface area (Å²) < 4.78 is 9.39. The first-order valence-electron chi connectivity index (χ1n) is 18.5. The van der Waals surface area contributed by atoms with Crippen LogP contribution in [0.25, 0.3) is 119 Å². The number of benzene rings is 10. The summed E-state index contributed by atoms with van der Waals surface area (Å²) in [7, 11) is 0. The Bertz CT molecular complexity index is 3450. The van der Waals surface area contributed by atoms with Crippen molar-refractivity contribution in [1.82, 2.24) is 0 Å². The van der Waals surface area contributed by atoms with Crippen LogP contribution in [-0.2, 0) is 0 Å². The third kappa shape index (κ3) is 4.20. The normalized spacial score (nSPS) is 12.1. The van der Waals surface area contributed by atoms with Gasteiger partial charge in [-0.15, -0.1) is 11.3 Å². The highest BCUT2D eigenvalue weighted by atomic mass is 32.1. The first-order chi connectivity index (χ1) is 26.8. The minimum Gasteiger partial charge on any atom is -0.455 e. The lowest BCUT2D eigenvalue weighted by Gasteiger charge is -2.19. The molecule has 0 unspecified atom stereocenters. The van der Waals surface area contributed by atoms with Crippen LogP contribution < -0.4 is 0 Å². The molecule has 1 nitrogen and oxygen atoms in total. The molecule has 0 fully saturated rings. The summed E-state index contributed by atoms with van der Waals surface area (Å²) in [4.78, 5) is 0. The van der Waals surface area contributed by atoms with Gasteiger partial charge in [-0.2, -0.15) is 0 Å². The zero-order valence-corrected chi connectivity index (χ0v) is 30.0. The molecule has 0 amide bonds. The van der Waals surface area contributed by atoms with Crippen molar-refractivity contribution in [1.29, 1.82) is 0 Å². The number of hydrogen-bond acceptors (Lipinski definition) is 2. The van der Waals surface area contributed by atoms with Gasteiger partial charge in [0, 0.05) is 26.2 Å². The summed E-state index contributed by atoms with van der Waals surface area (Å²) in [6, 6.07) is 66.7. The largest absolute Gasteiger partial charge is 0.455 e. The Morgan fingerprint density at radius 2 is 0.926 bits per heavy atom. The Morgan fingerprint density at radius 3 is 1.70 bits per heavy atom. The second-order valence-electron chi connectivity index (χ2n) is 14.3. The molecule has 0 aliphatic carbocycles. The van der Waals surface area contributed by atoms with E-state index in [1.165, 1.54) is 107 Å². The third-order valence-electron chi connectivity index (χ3n) is 11.4. The van der Waals surface area contributed by atoms with Crippen LogP contribution in [0.4, 0.5) is 0 Å². The van der Waals surface area contributed by atoms with Crippen LogP contribution in [0.1, 0.15) is 0 Å². The van der Waals surface area contributed by atoms with Crippen LogP contribution in [0.3, 0.4) is 0 Å². The topological polar surface area (TPSA) is 13.1 Å². The SMILES string of the molecule is c1cc(-c2c3ccccc3c(-c3cccc4ccccc34)c3ccccc23)cc(-c2cc3oc4c(ccc5c6ccccc6sc54)c3c3ccccc23)c1. The van der Waals surface area contributed by atoms with Gasteiger partial charge in [-0.25, -0.2) is 0 Å². The monoisotopic (exact) mass is 702 g/mol. The van der Waals surface area contributed by atoms with E-state index < -0.39 is 0 Å². The molecule has 54 heavy (non-hydrogen) atoms. The minimum absolute atomic E-state index is 0.921. The molecular formula is C52H30OS. The van der Waals surface area contributed by atoms with Gasteiger partial charge in [-0.3, -0.25) is 0 Å². The molecule has 12 aromatic rings. The lowest BCUT2D eigenvalue weighted by molar-refractivity contribution is 0.673. The zero-order chi connectivity index (χ0) is 35.3. The van der Waals surface area contributed by atoms with Crippen molar-refractivity contribution < 1.29 is 4.42 Å². The second-order valence-corrected chi connectivity index (χ2v) is 15.4. The quantitative estimate of drug-likeness (QED) is 0.167. The summed E-state index contributed by atoms with van der Waals surface area (Å²) in [5.74, 6) is 0. The predicted molar refractivity (Wildman–Crippen MR) is 233 cm³/mol. The molecule has 2 aromatic heterocycles. The first-order valence-corrected chi connectivity index (χ1v) is 19.3.